The Labute approximate surface area is 147 Å². The molecule has 0 aromatic carbocycles. The molecule has 0 aromatic rings. The summed E-state index contributed by atoms with van der Waals surface area (Å²) in [5.41, 5.74) is 1.68. The van der Waals surface area contributed by atoms with Crippen LogP contribution in [0.3, 0.4) is 0 Å². The Hall–Kier alpha value is -0.870. The molecular weight excluding hydrogens is 300 g/mol. The molecule has 1 amide bonds. The Kier molecular flexibility index (Phi) is 5.98. The summed E-state index contributed by atoms with van der Waals surface area (Å²) in [7, 11) is 2.26. The number of rotatable bonds is 5. The monoisotopic (exact) mass is 334 g/mol. The second-order valence-electron chi connectivity index (χ2n) is 7.85. The van der Waals surface area contributed by atoms with E-state index >= 15 is 0 Å². The maximum Gasteiger partial charge on any atom is 0.226 e. The molecule has 3 aliphatic rings. The van der Waals surface area contributed by atoms with Crippen LogP contribution in [0.25, 0.3) is 0 Å². The SMILES string of the molecule is CCOC[C@@H]1CCC2(CCN(C(=O)CC3=CCCCC3)CC2)N1C. The van der Waals surface area contributed by atoms with E-state index < -0.39 is 0 Å². The first kappa shape index (κ1) is 17.9. The van der Waals surface area contributed by atoms with E-state index in [0.29, 0.717) is 23.9 Å². The zero-order valence-electron chi connectivity index (χ0n) is 15.6. The smallest absolute Gasteiger partial charge is 0.226 e. The fraction of sp³-hybridized carbons (Fsp3) is 0.850. The molecule has 4 nitrogen and oxygen atoms in total. The minimum absolute atomic E-state index is 0.308. The number of amides is 1. The summed E-state index contributed by atoms with van der Waals surface area (Å²) < 4.78 is 5.65. The summed E-state index contributed by atoms with van der Waals surface area (Å²) in [4.78, 5) is 17.3. The van der Waals surface area contributed by atoms with Crippen LogP contribution in [0.1, 0.15) is 64.7 Å². The van der Waals surface area contributed by atoms with E-state index in [1.54, 1.807) is 0 Å². The summed E-state index contributed by atoms with van der Waals surface area (Å²) in [6.07, 6.45) is 12.5. The van der Waals surface area contributed by atoms with E-state index in [1.165, 1.54) is 31.3 Å². The third kappa shape index (κ3) is 3.85. The lowest BCUT2D eigenvalue weighted by Crippen LogP contribution is -2.54. The van der Waals surface area contributed by atoms with Crippen molar-refractivity contribution in [1.82, 2.24) is 9.80 Å². The van der Waals surface area contributed by atoms with Crippen LogP contribution >= 0.6 is 0 Å². The normalized spacial score (nSPS) is 27.5. The average Bonchev–Trinajstić information content (AvgIpc) is 2.91. The number of hydrogen-bond acceptors (Lipinski definition) is 3. The van der Waals surface area contributed by atoms with Gasteiger partial charge in [-0.3, -0.25) is 9.69 Å². The predicted molar refractivity (Wildman–Crippen MR) is 97.0 cm³/mol. The van der Waals surface area contributed by atoms with Crippen molar-refractivity contribution in [1.29, 1.82) is 0 Å². The highest BCUT2D eigenvalue weighted by Crippen LogP contribution is 2.40. The molecule has 2 aliphatic heterocycles. The third-order valence-electron chi connectivity index (χ3n) is 6.56. The van der Waals surface area contributed by atoms with Crippen molar-refractivity contribution in [3.63, 3.8) is 0 Å². The van der Waals surface area contributed by atoms with Crippen LogP contribution in [-0.2, 0) is 9.53 Å². The fourth-order valence-electron chi connectivity index (χ4n) is 4.79. The molecular formula is C20H34N2O2. The van der Waals surface area contributed by atoms with E-state index in [1.807, 2.05) is 0 Å². The first-order valence-corrected chi connectivity index (χ1v) is 9.91. The first-order chi connectivity index (χ1) is 11.6. The van der Waals surface area contributed by atoms with E-state index in [0.717, 1.165) is 52.0 Å². The summed E-state index contributed by atoms with van der Waals surface area (Å²) in [5, 5.41) is 0. The highest BCUT2D eigenvalue weighted by molar-refractivity contribution is 5.78. The van der Waals surface area contributed by atoms with Crippen LogP contribution < -0.4 is 0 Å². The van der Waals surface area contributed by atoms with Crippen molar-refractivity contribution in [2.45, 2.75) is 76.3 Å². The third-order valence-corrected chi connectivity index (χ3v) is 6.56. The molecule has 0 unspecified atom stereocenters. The lowest BCUT2D eigenvalue weighted by Gasteiger charge is -2.45. The number of piperidine rings is 1. The van der Waals surface area contributed by atoms with Crippen molar-refractivity contribution in [2.24, 2.45) is 0 Å². The first-order valence-electron chi connectivity index (χ1n) is 9.91. The van der Waals surface area contributed by atoms with E-state index in [4.69, 9.17) is 4.74 Å². The molecule has 0 saturated carbocycles. The lowest BCUT2D eigenvalue weighted by atomic mass is 9.85. The molecule has 136 valence electrons. The number of likely N-dealkylation sites (N-methyl/N-ethyl adjacent to an activating group) is 1. The van der Waals surface area contributed by atoms with Gasteiger partial charge in [0.2, 0.25) is 5.91 Å². The standard InChI is InChI=1S/C20H34N2O2/c1-3-24-16-18-9-10-20(21(18)2)11-13-22(14-12-20)19(23)15-17-7-5-4-6-8-17/h7,18H,3-6,8-16H2,1-2H3/t18-/m0/s1. The summed E-state index contributed by atoms with van der Waals surface area (Å²) >= 11 is 0. The Morgan fingerprint density at radius 1 is 1.29 bits per heavy atom. The lowest BCUT2D eigenvalue weighted by molar-refractivity contribution is -0.133. The number of likely N-dealkylation sites (tertiary alicyclic amines) is 2. The van der Waals surface area contributed by atoms with Gasteiger partial charge < -0.3 is 9.64 Å². The molecule has 2 heterocycles. The van der Waals surface area contributed by atoms with Gasteiger partial charge in [-0.25, -0.2) is 0 Å². The van der Waals surface area contributed by atoms with Crippen LogP contribution in [0.5, 0.6) is 0 Å². The van der Waals surface area contributed by atoms with Gasteiger partial charge in [0.25, 0.3) is 0 Å². The Morgan fingerprint density at radius 2 is 2.08 bits per heavy atom. The molecule has 1 atom stereocenters. The molecule has 0 radical (unpaired) electrons. The van der Waals surface area contributed by atoms with Gasteiger partial charge in [0.05, 0.1) is 6.61 Å². The number of ether oxygens (including phenoxy) is 1. The highest BCUT2D eigenvalue weighted by atomic mass is 16.5. The van der Waals surface area contributed by atoms with Crippen LogP contribution in [0.4, 0.5) is 0 Å². The molecule has 0 aromatic heterocycles. The van der Waals surface area contributed by atoms with E-state index in [2.05, 4.69) is 29.8 Å². The maximum absolute atomic E-state index is 12.6. The molecule has 0 N–H and O–H groups in total. The quantitative estimate of drug-likeness (QED) is 0.723. The van der Waals surface area contributed by atoms with Gasteiger partial charge in [-0.2, -0.15) is 0 Å². The van der Waals surface area contributed by atoms with Crippen molar-refractivity contribution in [2.75, 3.05) is 33.4 Å². The van der Waals surface area contributed by atoms with Crippen LogP contribution in [-0.4, -0.2) is 60.6 Å². The molecule has 2 fully saturated rings. The van der Waals surface area contributed by atoms with Crippen LogP contribution in [0, 0.1) is 0 Å². The zero-order chi connectivity index (χ0) is 17.0. The highest BCUT2D eigenvalue weighted by Gasteiger charge is 2.46. The number of allylic oxidation sites excluding steroid dienone is 1. The molecule has 0 bridgehead atoms. The van der Waals surface area contributed by atoms with Gasteiger partial charge in [0.15, 0.2) is 0 Å². The molecule has 2 saturated heterocycles. The second-order valence-corrected chi connectivity index (χ2v) is 7.85. The molecule has 1 aliphatic carbocycles. The van der Waals surface area contributed by atoms with Gasteiger partial charge in [-0.1, -0.05) is 11.6 Å². The number of nitrogens with zero attached hydrogens (tertiary/aromatic N) is 2. The van der Waals surface area contributed by atoms with Gasteiger partial charge in [-0.05, 0) is 65.3 Å². The number of carbonyl (C=O) groups excluding carboxylic acids is 1. The Bertz CT molecular complexity index is 466. The van der Waals surface area contributed by atoms with Gasteiger partial charge >= 0.3 is 0 Å². The summed E-state index contributed by atoms with van der Waals surface area (Å²) in [6.45, 7) is 5.58. The number of hydrogen-bond donors (Lipinski definition) is 0. The van der Waals surface area contributed by atoms with Crippen molar-refractivity contribution in [3.05, 3.63) is 11.6 Å². The zero-order valence-corrected chi connectivity index (χ0v) is 15.6. The number of carbonyl (C=O) groups is 1. The minimum atomic E-state index is 0.308. The van der Waals surface area contributed by atoms with Crippen LogP contribution in [0.2, 0.25) is 0 Å². The van der Waals surface area contributed by atoms with Gasteiger partial charge in [0.1, 0.15) is 0 Å². The van der Waals surface area contributed by atoms with Crippen molar-refractivity contribution >= 4 is 5.91 Å². The summed E-state index contributed by atoms with van der Waals surface area (Å²) in [6, 6.07) is 0.555. The van der Waals surface area contributed by atoms with E-state index in [9.17, 15) is 4.79 Å². The largest absolute Gasteiger partial charge is 0.380 e. The Balaban J connectivity index is 1.50. The molecule has 1 spiro atoms. The van der Waals surface area contributed by atoms with E-state index in [-0.39, 0.29) is 0 Å². The second kappa shape index (κ2) is 8.01. The molecule has 24 heavy (non-hydrogen) atoms. The molecule has 3 rings (SSSR count). The predicted octanol–water partition coefficient (Wildman–Crippen LogP) is 3.37. The summed E-state index contributed by atoms with van der Waals surface area (Å²) in [5.74, 6) is 0.351. The molecule has 4 heteroatoms. The van der Waals surface area contributed by atoms with Gasteiger partial charge in [-0.15, -0.1) is 0 Å². The van der Waals surface area contributed by atoms with Crippen molar-refractivity contribution in [3.8, 4) is 0 Å². The van der Waals surface area contributed by atoms with Crippen LogP contribution in [0.15, 0.2) is 11.6 Å². The Morgan fingerprint density at radius 3 is 2.75 bits per heavy atom. The maximum atomic E-state index is 12.6. The topological polar surface area (TPSA) is 32.8 Å². The average molecular weight is 335 g/mol. The fourth-order valence-corrected chi connectivity index (χ4v) is 4.79. The minimum Gasteiger partial charge on any atom is -0.380 e. The van der Waals surface area contributed by atoms with Crippen molar-refractivity contribution < 1.29 is 9.53 Å². The van der Waals surface area contributed by atoms with Gasteiger partial charge in [0, 0.05) is 37.7 Å².